The molecule has 120 valence electrons. The van der Waals surface area contributed by atoms with Crippen LogP contribution in [-0.4, -0.2) is 29.6 Å². The predicted octanol–water partition coefficient (Wildman–Crippen LogP) is 2.79. The molecule has 0 heterocycles. The maximum absolute atomic E-state index is 9.38. The Morgan fingerprint density at radius 3 is 2.64 bits per heavy atom. The summed E-state index contributed by atoms with van der Waals surface area (Å²) < 4.78 is 0. The highest BCUT2D eigenvalue weighted by Gasteiger charge is 2.35. The molecule has 0 bridgehead atoms. The molecule has 2 aliphatic carbocycles. The van der Waals surface area contributed by atoms with Gasteiger partial charge in [-0.2, -0.15) is 0 Å². The lowest BCUT2D eigenvalue weighted by molar-refractivity contribution is 0.134. The summed E-state index contributed by atoms with van der Waals surface area (Å²) in [6.07, 6.45) is 5.36. The predicted molar refractivity (Wildman–Crippen MR) is 87.9 cm³/mol. The number of hydrogen-bond acceptors (Lipinski definition) is 4. The summed E-state index contributed by atoms with van der Waals surface area (Å²) in [5.41, 5.74) is 9.09. The molecule has 0 radical (unpaired) electrons. The monoisotopic (exact) mass is 302 g/mol. The van der Waals surface area contributed by atoms with E-state index in [1.807, 2.05) is 6.92 Å². The molecule has 3 N–H and O–H groups in total. The van der Waals surface area contributed by atoms with E-state index >= 15 is 0 Å². The van der Waals surface area contributed by atoms with Gasteiger partial charge in [-0.25, -0.2) is 0 Å². The summed E-state index contributed by atoms with van der Waals surface area (Å²) in [6, 6.07) is 8.51. The molecule has 0 amide bonds. The molecule has 4 heteroatoms. The van der Waals surface area contributed by atoms with Gasteiger partial charge in [0.2, 0.25) is 0 Å². The molecule has 0 saturated heterocycles. The van der Waals surface area contributed by atoms with E-state index in [1.165, 1.54) is 18.4 Å². The molecule has 1 aromatic carbocycles. The van der Waals surface area contributed by atoms with Gasteiger partial charge in [0.05, 0.1) is 12.3 Å². The van der Waals surface area contributed by atoms with Crippen molar-refractivity contribution in [3.8, 4) is 0 Å². The Bertz CT molecular complexity index is 537. The van der Waals surface area contributed by atoms with E-state index < -0.39 is 5.54 Å². The first-order chi connectivity index (χ1) is 10.6. The topological polar surface area (TPSA) is 67.8 Å². The zero-order valence-electron chi connectivity index (χ0n) is 13.3. The number of benzene rings is 1. The summed E-state index contributed by atoms with van der Waals surface area (Å²) in [5.74, 6) is 1.18. The van der Waals surface area contributed by atoms with Crippen LogP contribution in [-0.2, 0) is 4.84 Å². The van der Waals surface area contributed by atoms with Crippen molar-refractivity contribution in [1.29, 1.82) is 0 Å². The van der Waals surface area contributed by atoms with E-state index in [9.17, 15) is 5.11 Å². The van der Waals surface area contributed by atoms with E-state index in [1.54, 1.807) is 0 Å². The highest BCUT2D eigenvalue weighted by molar-refractivity contribution is 5.98. The molecule has 2 aliphatic rings. The second-order valence-electron chi connectivity index (χ2n) is 7.00. The SMILES string of the molecule is C/C(=N\OCC1CC1)c1ccc([C@@H]2CC[C@](N)(CO)C2)cc1. The smallest absolute Gasteiger partial charge is 0.120 e. The molecule has 0 aromatic heterocycles. The van der Waals surface area contributed by atoms with E-state index in [0.717, 1.165) is 43.1 Å². The molecule has 3 rings (SSSR count). The number of rotatable bonds is 6. The summed E-state index contributed by atoms with van der Waals surface area (Å²) in [4.78, 5) is 5.39. The van der Waals surface area contributed by atoms with Crippen LogP contribution in [0.2, 0.25) is 0 Å². The minimum Gasteiger partial charge on any atom is -0.395 e. The van der Waals surface area contributed by atoms with Gasteiger partial charge >= 0.3 is 0 Å². The van der Waals surface area contributed by atoms with Crippen LogP contribution in [0.4, 0.5) is 0 Å². The lowest BCUT2D eigenvalue weighted by atomic mass is 9.93. The van der Waals surface area contributed by atoms with Crippen molar-refractivity contribution in [2.75, 3.05) is 13.2 Å². The first kappa shape index (κ1) is 15.5. The van der Waals surface area contributed by atoms with Crippen molar-refractivity contribution in [3.05, 3.63) is 35.4 Å². The summed E-state index contributed by atoms with van der Waals surface area (Å²) in [5, 5.41) is 13.6. The van der Waals surface area contributed by atoms with Gasteiger partial charge in [0, 0.05) is 5.54 Å². The molecule has 1 aromatic rings. The highest BCUT2D eigenvalue weighted by Crippen LogP contribution is 2.39. The highest BCUT2D eigenvalue weighted by atomic mass is 16.6. The third-order valence-electron chi connectivity index (χ3n) is 4.97. The summed E-state index contributed by atoms with van der Waals surface area (Å²) in [6.45, 7) is 2.80. The van der Waals surface area contributed by atoms with Crippen LogP contribution in [0.25, 0.3) is 0 Å². The van der Waals surface area contributed by atoms with E-state index in [2.05, 4.69) is 29.4 Å². The summed E-state index contributed by atoms with van der Waals surface area (Å²) >= 11 is 0. The first-order valence-electron chi connectivity index (χ1n) is 8.26. The summed E-state index contributed by atoms with van der Waals surface area (Å²) in [7, 11) is 0. The average molecular weight is 302 g/mol. The molecule has 0 spiro atoms. The van der Waals surface area contributed by atoms with Crippen molar-refractivity contribution < 1.29 is 9.94 Å². The fraction of sp³-hybridized carbons (Fsp3) is 0.611. The van der Waals surface area contributed by atoms with Gasteiger partial charge in [0.15, 0.2) is 0 Å². The minimum atomic E-state index is -0.392. The lowest BCUT2D eigenvalue weighted by Crippen LogP contribution is -2.40. The van der Waals surface area contributed by atoms with Crippen LogP contribution >= 0.6 is 0 Å². The van der Waals surface area contributed by atoms with Gasteiger partial charge in [-0.3, -0.25) is 0 Å². The Kier molecular flexibility index (Phi) is 4.50. The number of aliphatic hydroxyl groups excluding tert-OH is 1. The Hall–Kier alpha value is -1.39. The molecular weight excluding hydrogens is 276 g/mol. The zero-order chi connectivity index (χ0) is 15.6. The van der Waals surface area contributed by atoms with Gasteiger partial charge in [0.1, 0.15) is 6.61 Å². The van der Waals surface area contributed by atoms with Gasteiger partial charge in [0.25, 0.3) is 0 Å². The Morgan fingerprint density at radius 1 is 1.32 bits per heavy atom. The Balaban J connectivity index is 1.60. The van der Waals surface area contributed by atoms with Gasteiger partial charge in [-0.05, 0) is 62.0 Å². The number of nitrogens with two attached hydrogens (primary N) is 1. The maximum Gasteiger partial charge on any atom is 0.120 e. The molecule has 0 unspecified atom stereocenters. The van der Waals surface area contributed by atoms with E-state index in [-0.39, 0.29) is 6.61 Å². The third kappa shape index (κ3) is 3.68. The van der Waals surface area contributed by atoms with Crippen molar-refractivity contribution in [2.24, 2.45) is 16.8 Å². The number of oxime groups is 1. The molecule has 0 aliphatic heterocycles. The molecule has 22 heavy (non-hydrogen) atoms. The quantitative estimate of drug-likeness (QED) is 0.627. The van der Waals surface area contributed by atoms with Gasteiger partial charge in [-0.1, -0.05) is 29.4 Å². The van der Waals surface area contributed by atoms with Crippen LogP contribution in [0, 0.1) is 5.92 Å². The Morgan fingerprint density at radius 2 is 2.05 bits per heavy atom. The maximum atomic E-state index is 9.38. The van der Waals surface area contributed by atoms with Crippen LogP contribution in [0.1, 0.15) is 56.1 Å². The minimum absolute atomic E-state index is 0.0751. The fourth-order valence-corrected chi connectivity index (χ4v) is 3.16. The Labute approximate surface area is 132 Å². The third-order valence-corrected chi connectivity index (χ3v) is 4.97. The number of hydrogen-bond donors (Lipinski definition) is 2. The van der Waals surface area contributed by atoms with Crippen molar-refractivity contribution in [3.63, 3.8) is 0 Å². The molecule has 4 nitrogen and oxygen atoms in total. The fourth-order valence-electron chi connectivity index (χ4n) is 3.16. The van der Waals surface area contributed by atoms with E-state index in [4.69, 9.17) is 10.6 Å². The number of nitrogens with zero attached hydrogens (tertiary/aromatic N) is 1. The number of aliphatic hydroxyl groups is 1. The molecule has 2 saturated carbocycles. The van der Waals surface area contributed by atoms with E-state index in [0.29, 0.717) is 5.92 Å². The lowest BCUT2D eigenvalue weighted by Gasteiger charge is -2.20. The van der Waals surface area contributed by atoms with Gasteiger partial charge in [-0.15, -0.1) is 0 Å². The molecule has 2 atom stereocenters. The molecular formula is C18H26N2O2. The standard InChI is InChI=1S/C18H26N2O2/c1-13(20-22-11-14-2-3-14)15-4-6-16(7-5-15)17-8-9-18(19,10-17)12-21/h4-7,14,17,21H,2-3,8-12,19H2,1H3/b20-13+/t17-,18-/m1/s1. The largest absolute Gasteiger partial charge is 0.395 e. The zero-order valence-corrected chi connectivity index (χ0v) is 13.3. The van der Waals surface area contributed by atoms with Crippen LogP contribution in [0.5, 0.6) is 0 Å². The van der Waals surface area contributed by atoms with Crippen molar-refractivity contribution in [1.82, 2.24) is 0 Å². The van der Waals surface area contributed by atoms with Crippen molar-refractivity contribution >= 4 is 5.71 Å². The van der Waals surface area contributed by atoms with Crippen molar-refractivity contribution in [2.45, 2.75) is 50.5 Å². The second kappa shape index (κ2) is 6.39. The normalized spacial score (nSPS) is 28.9. The molecule has 2 fully saturated rings. The second-order valence-corrected chi connectivity index (χ2v) is 7.00. The van der Waals surface area contributed by atoms with Crippen LogP contribution < -0.4 is 5.73 Å². The van der Waals surface area contributed by atoms with Gasteiger partial charge < -0.3 is 15.7 Å². The van der Waals surface area contributed by atoms with Crippen LogP contribution in [0.3, 0.4) is 0 Å². The first-order valence-corrected chi connectivity index (χ1v) is 8.26. The van der Waals surface area contributed by atoms with Crippen LogP contribution in [0.15, 0.2) is 29.4 Å². The average Bonchev–Trinajstić information content (AvgIpc) is 3.28.